The van der Waals surface area contributed by atoms with E-state index >= 15 is 0 Å². The van der Waals surface area contributed by atoms with Gasteiger partial charge < -0.3 is 20.5 Å². The number of hydrogen-bond acceptors (Lipinski definition) is 5. The first kappa shape index (κ1) is 17.7. The Kier molecular flexibility index (Phi) is 5.86. The summed E-state index contributed by atoms with van der Waals surface area (Å²) in [4.78, 5) is 12.3. The predicted octanol–water partition coefficient (Wildman–Crippen LogP) is 1.98. The van der Waals surface area contributed by atoms with Gasteiger partial charge in [-0.3, -0.25) is 4.79 Å². The van der Waals surface area contributed by atoms with E-state index in [0.29, 0.717) is 19.3 Å². The zero-order chi connectivity index (χ0) is 16.2. The van der Waals surface area contributed by atoms with Crippen LogP contribution in [0.4, 0.5) is 0 Å². The van der Waals surface area contributed by atoms with Gasteiger partial charge in [-0.15, -0.1) is 0 Å². The Labute approximate surface area is 134 Å². The molecule has 0 radical (unpaired) electrons. The highest BCUT2D eigenvalue weighted by molar-refractivity contribution is 5.76. The van der Waals surface area contributed by atoms with Gasteiger partial charge in [0, 0.05) is 6.54 Å². The van der Waals surface area contributed by atoms with E-state index in [0.717, 1.165) is 45.1 Å². The van der Waals surface area contributed by atoms with Crippen LogP contribution in [-0.4, -0.2) is 43.4 Å². The van der Waals surface area contributed by atoms with E-state index in [1.807, 2.05) is 20.8 Å². The van der Waals surface area contributed by atoms with Gasteiger partial charge in [-0.25, -0.2) is 0 Å². The molecule has 3 N–H and O–H groups in total. The molecule has 0 aromatic rings. The van der Waals surface area contributed by atoms with E-state index in [1.165, 1.54) is 0 Å². The first-order chi connectivity index (χ1) is 10.3. The van der Waals surface area contributed by atoms with Crippen molar-refractivity contribution in [1.82, 2.24) is 5.32 Å². The standard InChI is InChI=1S/C17H32N2O3/c1-16(2,3)22-15(20)14-12-17(8-10-19-14)6-4-13(5-7-17)21-11-9-18/h13-14,19H,4-12,18H2,1-3H3. The molecule has 2 rings (SSSR count). The molecule has 0 aromatic carbocycles. The molecule has 1 saturated carbocycles. The number of carbonyl (C=O) groups excluding carboxylic acids is 1. The van der Waals surface area contributed by atoms with Crippen molar-refractivity contribution in [2.75, 3.05) is 19.7 Å². The molecule has 0 aromatic heterocycles. The molecule has 1 aliphatic carbocycles. The molecule has 1 heterocycles. The van der Waals surface area contributed by atoms with Gasteiger partial charge in [0.1, 0.15) is 11.6 Å². The lowest BCUT2D eigenvalue weighted by atomic mass is 9.66. The molecule has 0 amide bonds. The summed E-state index contributed by atoms with van der Waals surface area (Å²) in [7, 11) is 0. The third-order valence-corrected chi connectivity index (χ3v) is 4.84. The van der Waals surface area contributed by atoms with Crippen molar-refractivity contribution >= 4 is 5.97 Å². The maximum absolute atomic E-state index is 12.3. The van der Waals surface area contributed by atoms with Crippen LogP contribution >= 0.6 is 0 Å². The zero-order valence-corrected chi connectivity index (χ0v) is 14.3. The van der Waals surface area contributed by atoms with Gasteiger partial charge >= 0.3 is 5.97 Å². The van der Waals surface area contributed by atoms with Crippen LogP contribution in [0, 0.1) is 5.41 Å². The maximum Gasteiger partial charge on any atom is 0.323 e. The van der Waals surface area contributed by atoms with E-state index in [2.05, 4.69) is 5.32 Å². The van der Waals surface area contributed by atoms with Crippen LogP contribution in [0.2, 0.25) is 0 Å². The zero-order valence-electron chi connectivity index (χ0n) is 14.3. The third-order valence-electron chi connectivity index (χ3n) is 4.84. The van der Waals surface area contributed by atoms with E-state index in [-0.39, 0.29) is 17.4 Å². The largest absolute Gasteiger partial charge is 0.459 e. The molecule has 5 nitrogen and oxygen atoms in total. The molecule has 22 heavy (non-hydrogen) atoms. The fourth-order valence-electron chi connectivity index (χ4n) is 3.72. The third kappa shape index (κ3) is 4.93. The molecule has 1 unspecified atom stereocenters. The molecule has 1 aliphatic heterocycles. The number of hydrogen-bond donors (Lipinski definition) is 2. The predicted molar refractivity (Wildman–Crippen MR) is 86.6 cm³/mol. The Morgan fingerprint density at radius 2 is 1.95 bits per heavy atom. The van der Waals surface area contributed by atoms with Crippen molar-refractivity contribution in [3.8, 4) is 0 Å². The number of nitrogens with two attached hydrogens (primary N) is 1. The number of esters is 1. The summed E-state index contributed by atoms with van der Waals surface area (Å²) in [6.45, 7) is 7.90. The summed E-state index contributed by atoms with van der Waals surface area (Å²) in [5.74, 6) is -0.104. The van der Waals surface area contributed by atoms with E-state index in [4.69, 9.17) is 15.2 Å². The summed E-state index contributed by atoms with van der Waals surface area (Å²) in [5, 5.41) is 3.34. The minimum atomic E-state index is -0.420. The molecule has 2 aliphatic rings. The van der Waals surface area contributed by atoms with E-state index in [9.17, 15) is 4.79 Å². The molecule has 128 valence electrons. The van der Waals surface area contributed by atoms with Gasteiger partial charge in [-0.2, -0.15) is 0 Å². The van der Waals surface area contributed by atoms with Crippen molar-refractivity contribution < 1.29 is 14.3 Å². The summed E-state index contributed by atoms with van der Waals surface area (Å²) in [6.07, 6.45) is 6.85. The van der Waals surface area contributed by atoms with Crippen LogP contribution in [0.1, 0.15) is 59.3 Å². The number of carbonyl (C=O) groups is 1. The first-order valence-electron chi connectivity index (χ1n) is 8.61. The Bertz CT molecular complexity index is 371. The van der Waals surface area contributed by atoms with Crippen LogP contribution in [-0.2, 0) is 14.3 Å². The summed E-state index contributed by atoms with van der Waals surface area (Å²) in [5.41, 5.74) is 5.37. The van der Waals surface area contributed by atoms with Gasteiger partial charge in [-0.1, -0.05) is 0 Å². The summed E-state index contributed by atoms with van der Waals surface area (Å²) < 4.78 is 11.3. The van der Waals surface area contributed by atoms with E-state index < -0.39 is 5.60 Å². The van der Waals surface area contributed by atoms with Crippen LogP contribution in [0.15, 0.2) is 0 Å². The van der Waals surface area contributed by atoms with Crippen molar-refractivity contribution in [3.05, 3.63) is 0 Å². The van der Waals surface area contributed by atoms with Gasteiger partial charge in [0.2, 0.25) is 0 Å². The second-order valence-electron chi connectivity index (χ2n) is 7.85. The number of piperidine rings is 1. The fourth-order valence-corrected chi connectivity index (χ4v) is 3.72. The van der Waals surface area contributed by atoms with Crippen LogP contribution in [0.25, 0.3) is 0 Å². The summed E-state index contributed by atoms with van der Waals surface area (Å²) in [6, 6.07) is -0.158. The minimum Gasteiger partial charge on any atom is -0.459 e. The lowest BCUT2D eigenvalue weighted by Gasteiger charge is -2.45. The second kappa shape index (κ2) is 7.28. The Morgan fingerprint density at radius 3 is 2.55 bits per heavy atom. The molecule has 2 fully saturated rings. The molecule has 0 bridgehead atoms. The van der Waals surface area contributed by atoms with E-state index in [1.54, 1.807) is 0 Å². The molecular formula is C17H32N2O3. The maximum atomic E-state index is 12.3. The quantitative estimate of drug-likeness (QED) is 0.777. The Balaban J connectivity index is 1.87. The van der Waals surface area contributed by atoms with Crippen molar-refractivity contribution in [2.24, 2.45) is 11.1 Å². The average molecular weight is 312 g/mol. The van der Waals surface area contributed by atoms with Crippen molar-refractivity contribution in [2.45, 2.75) is 77.0 Å². The Morgan fingerprint density at radius 1 is 1.27 bits per heavy atom. The van der Waals surface area contributed by atoms with Gasteiger partial charge in [0.05, 0.1) is 12.7 Å². The SMILES string of the molecule is CC(C)(C)OC(=O)C1CC2(CCN1)CCC(OCCN)CC2. The summed E-state index contributed by atoms with van der Waals surface area (Å²) >= 11 is 0. The lowest BCUT2D eigenvalue weighted by Crippen LogP contribution is -2.51. The molecule has 5 heteroatoms. The monoisotopic (exact) mass is 312 g/mol. The molecular weight excluding hydrogens is 280 g/mol. The van der Waals surface area contributed by atoms with Gasteiger partial charge in [-0.05, 0) is 71.3 Å². The van der Waals surface area contributed by atoms with Crippen LogP contribution in [0.5, 0.6) is 0 Å². The number of rotatable bonds is 4. The second-order valence-corrected chi connectivity index (χ2v) is 7.85. The highest BCUT2D eigenvalue weighted by atomic mass is 16.6. The highest BCUT2D eigenvalue weighted by Gasteiger charge is 2.42. The lowest BCUT2D eigenvalue weighted by molar-refractivity contribution is -0.160. The fraction of sp³-hybridized carbons (Fsp3) is 0.941. The number of nitrogens with one attached hydrogen (secondary N) is 1. The average Bonchev–Trinajstić information content (AvgIpc) is 2.45. The minimum absolute atomic E-state index is 0.104. The highest BCUT2D eigenvalue weighted by Crippen LogP contribution is 2.45. The van der Waals surface area contributed by atoms with Crippen molar-refractivity contribution in [3.63, 3.8) is 0 Å². The topological polar surface area (TPSA) is 73.6 Å². The van der Waals surface area contributed by atoms with Crippen molar-refractivity contribution in [1.29, 1.82) is 0 Å². The van der Waals surface area contributed by atoms with Crippen LogP contribution in [0.3, 0.4) is 0 Å². The molecule has 1 saturated heterocycles. The molecule has 1 spiro atoms. The van der Waals surface area contributed by atoms with Crippen LogP contribution < -0.4 is 11.1 Å². The Hall–Kier alpha value is -0.650. The first-order valence-corrected chi connectivity index (χ1v) is 8.61. The molecule has 1 atom stereocenters. The smallest absolute Gasteiger partial charge is 0.323 e. The normalized spacial score (nSPS) is 32.9. The number of ether oxygens (including phenoxy) is 2. The van der Waals surface area contributed by atoms with Gasteiger partial charge in [0.25, 0.3) is 0 Å². The van der Waals surface area contributed by atoms with Gasteiger partial charge in [0.15, 0.2) is 0 Å².